The lowest BCUT2D eigenvalue weighted by molar-refractivity contribution is -0.321. The summed E-state index contributed by atoms with van der Waals surface area (Å²) in [6.45, 7) is -0.670. The Morgan fingerprint density at radius 1 is 1.30 bits per heavy atom. The van der Waals surface area contributed by atoms with Crippen LogP contribution in [0.25, 0.3) is 0 Å². The highest BCUT2D eigenvalue weighted by Crippen LogP contribution is 2.43. The highest BCUT2D eigenvalue weighted by molar-refractivity contribution is 5.88. The first-order valence-corrected chi connectivity index (χ1v) is 9.25. The number of hydrogen-bond acceptors (Lipinski definition) is 5. The Hall–Kier alpha value is -1.68. The Morgan fingerprint density at radius 2 is 2.04 bits per heavy atom. The Labute approximate surface area is 154 Å². The van der Waals surface area contributed by atoms with Crippen LogP contribution in [0, 0.1) is 11.8 Å². The maximum Gasteiger partial charge on any atom is 0.522 e. The molecule has 3 aliphatic rings. The fraction of sp³-hybridized carbons (Fsp3) is 0.824. The van der Waals surface area contributed by atoms with E-state index in [2.05, 4.69) is 10.1 Å². The van der Waals surface area contributed by atoms with E-state index in [9.17, 15) is 27.6 Å². The maximum atomic E-state index is 12.7. The minimum atomic E-state index is -4.92. The molecule has 7 nitrogen and oxygen atoms in total. The van der Waals surface area contributed by atoms with Gasteiger partial charge in [0, 0.05) is 18.5 Å². The number of rotatable bonds is 7. The lowest BCUT2D eigenvalue weighted by Crippen LogP contribution is -2.54. The van der Waals surface area contributed by atoms with E-state index < -0.39 is 42.7 Å². The molecule has 2 saturated heterocycles. The Bertz CT molecular complexity index is 613. The number of fused-ring (bicyclic) bond motifs is 1. The van der Waals surface area contributed by atoms with E-state index in [1.54, 1.807) is 4.90 Å². The van der Waals surface area contributed by atoms with Gasteiger partial charge in [0.05, 0.1) is 12.1 Å². The van der Waals surface area contributed by atoms with Crippen molar-refractivity contribution in [3.05, 3.63) is 0 Å². The number of alkyl halides is 3. The maximum absolute atomic E-state index is 12.7. The molecule has 0 radical (unpaired) electrons. The zero-order valence-corrected chi connectivity index (χ0v) is 14.8. The first-order valence-electron chi connectivity index (χ1n) is 9.25. The summed E-state index contributed by atoms with van der Waals surface area (Å²) in [5.74, 6) is -1.86. The zero-order chi connectivity index (χ0) is 19.8. The van der Waals surface area contributed by atoms with Crippen molar-refractivity contribution in [1.29, 1.82) is 0 Å². The van der Waals surface area contributed by atoms with E-state index in [-0.39, 0.29) is 24.3 Å². The van der Waals surface area contributed by atoms with Crippen molar-refractivity contribution in [2.45, 2.75) is 63.0 Å². The summed E-state index contributed by atoms with van der Waals surface area (Å²) in [7, 11) is 0. The van der Waals surface area contributed by atoms with Gasteiger partial charge >= 0.3 is 6.36 Å². The molecule has 0 bridgehead atoms. The number of carbonyl (C=O) groups is 3. The SMILES string of the molecule is NC(=O)C1CC2CCCC2N1[C@@H](C[C@@H]1CCNC1=O)C(=O)COC(F)(F)F. The normalized spacial score (nSPS) is 32.3. The molecule has 0 aromatic rings. The second-order valence-corrected chi connectivity index (χ2v) is 7.59. The van der Waals surface area contributed by atoms with Gasteiger partial charge in [-0.05, 0) is 38.0 Å². The van der Waals surface area contributed by atoms with Crippen LogP contribution < -0.4 is 11.1 Å². The number of nitrogens with two attached hydrogens (primary N) is 1. The van der Waals surface area contributed by atoms with Gasteiger partial charge in [0.15, 0.2) is 5.78 Å². The molecule has 152 valence electrons. The zero-order valence-electron chi connectivity index (χ0n) is 14.8. The van der Waals surface area contributed by atoms with Crippen molar-refractivity contribution < 1.29 is 32.3 Å². The highest BCUT2D eigenvalue weighted by atomic mass is 19.4. The highest BCUT2D eigenvalue weighted by Gasteiger charge is 2.51. The van der Waals surface area contributed by atoms with Gasteiger partial charge in [0.1, 0.15) is 6.61 Å². The number of likely N-dealkylation sites (tertiary alicyclic amines) is 1. The number of hydrogen-bond donors (Lipinski definition) is 2. The molecule has 3 unspecified atom stereocenters. The van der Waals surface area contributed by atoms with Gasteiger partial charge in [0.2, 0.25) is 11.8 Å². The average Bonchev–Trinajstić information content (AvgIpc) is 3.26. The molecule has 0 aromatic carbocycles. The predicted molar refractivity (Wildman–Crippen MR) is 87.1 cm³/mol. The fourth-order valence-electron chi connectivity index (χ4n) is 4.84. The predicted octanol–water partition coefficient (Wildman–Crippen LogP) is 0.715. The number of primary amides is 1. The summed E-state index contributed by atoms with van der Waals surface area (Å²) in [6, 6.07) is -1.77. The number of amides is 2. The standard InChI is InChI=1S/C17H24F3N3O4/c18-17(19,20)27-8-14(24)12(7-10-4-5-22-16(10)26)23-11-3-1-2-9(11)6-13(23)15(21)25/h9-13H,1-8H2,(H2,21,25)(H,22,26)/t9?,10-,11?,12-,13?/m0/s1. The molecule has 5 atom stereocenters. The van der Waals surface area contributed by atoms with Crippen molar-refractivity contribution in [2.24, 2.45) is 17.6 Å². The number of nitrogens with one attached hydrogen (secondary N) is 1. The van der Waals surface area contributed by atoms with E-state index in [1.165, 1.54) is 0 Å². The molecule has 10 heteroatoms. The van der Waals surface area contributed by atoms with Crippen molar-refractivity contribution >= 4 is 17.6 Å². The van der Waals surface area contributed by atoms with Crippen molar-refractivity contribution in [3.8, 4) is 0 Å². The second-order valence-electron chi connectivity index (χ2n) is 7.59. The number of halogens is 3. The minimum absolute atomic E-state index is 0.0683. The molecule has 3 rings (SSSR count). The van der Waals surface area contributed by atoms with Crippen LogP contribution in [0.15, 0.2) is 0 Å². The third-order valence-electron chi connectivity index (χ3n) is 6.00. The molecular weight excluding hydrogens is 367 g/mol. The van der Waals surface area contributed by atoms with Crippen LogP contribution in [0.2, 0.25) is 0 Å². The van der Waals surface area contributed by atoms with Gasteiger partial charge in [-0.15, -0.1) is 13.2 Å². The summed E-state index contributed by atoms with van der Waals surface area (Å²) in [4.78, 5) is 38.3. The van der Waals surface area contributed by atoms with E-state index in [4.69, 9.17) is 5.73 Å². The van der Waals surface area contributed by atoms with E-state index in [0.717, 1.165) is 19.3 Å². The van der Waals surface area contributed by atoms with Gasteiger partial charge in [0.25, 0.3) is 0 Å². The summed E-state index contributed by atoms with van der Waals surface area (Å²) >= 11 is 0. The van der Waals surface area contributed by atoms with Crippen LogP contribution in [0.1, 0.15) is 38.5 Å². The first-order chi connectivity index (χ1) is 12.7. The molecular formula is C17H24F3N3O4. The van der Waals surface area contributed by atoms with Crippen LogP contribution in [-0.4, -0.2) is 60.1 Å². The molecule has 3 N–H and O–H groups in total. The molecule has 3 fully saturated rings. The average molecular weight is 391 g/mol. The molecule has 1 aliphatic carbocycles. The third-order valence-corrected chi connectivity index (χ3v) is 6.00. The molecule has 27 heavy (non-hydrogen) atoms. The molecule has 0 spiro atoms. The van der Waals surface area contributed by atoms with E-state index >= 15 is 0 Å². The van der Waals surface area contributed by atoms with Crippen molar-refractivity contribution in [3.63, 3.8) is 0 Å². The van der Waals surface area contributed by atoms with Crippen LogP contribution in [0.3, 0.4) is 0 Å². The second kappa shape index (κ2) is 7.75. The Kier molecular flexibility index (Phi) is 5.76. The van der Waals surface area contributed by atoms with E-state index in [0.29, 0.717) is 19.4 Å². The third kappa shape index (κ3) is 4.43. The Balaban J connectivity index is 1.83. The minimum Gasteiger partial charge on any atom is -0.368 e. The topological polar surface area (TPSA) is 102 Å². The van der Waals surface area contributed by atoms with Crippen molar-refractivity contribution in [1.82, 2.24) is 10.2 Å². The number of ether oxygens (including phenoxy) is 1. The van der Waals surface area contributed by atoms with Crippen LogP contribution in [0.4, 0.5) is 13.2 Å². The lowest BCUT2D eigenvalue weighted by Gasteiger charge is -2.36. The smallest absolute Gasteiger partial charge is 0.368 e. The van der Waals surface area contributed by atoms with Gasteiger partial charge < -0.3 is 11.1 Å². The summed E-state index contributed by atoms with van der Waals surface area (Å²) in [6.07, 6.45) is -1.26. The molecule has 1 saturated carbocycles. The number of carbonyl (C=O) groups excluding carboxylic acids is 3. The largest absolute Gasteiger partial charge is 0.522 e. The van der Waals surface area contributed by atoms with Gasteiger partial charge in [-0.2, -0.15) is 0 Å². The molecule has 2 heterocycles. The monoisotopic (exact) mass is 391 g/mol. The number of nitrogens with zero attached hydrogens (tertiary/aromatic N) is 1. The van der Waals surface area contributed by atoms with Gasteiger partial charge in [-0.3, -0.25) is 24.0 Å². The summed E-state index contributed by atoms with van der Waals surface area (Å²) in [5, 5.41) is 2.67. The molecule has 0 aromatic heterocycles. The number of Topliss-reactive ketones (excluding diaryl/α,β-unsaturated/α-hetero) is 1. The fourth-order valence-corrected chi connectivity index (χ4v) is 4.84. The summed E-state index contributed by atoms with van der Waals surface area (Å²) in [5.41, 5.74) is 5.53. The van der Waals surface area contributed by atoms with Crippen LogP contribution in [-0.2, 0) is 19.1 Å². The molecule has 2 aliphatic heterocycles. The van der Waals surface area contributed by atoms with E-state index in [1.807, 2.05) is 0 Å². The van der Waals surface area contributed by atoms with Crippen LogP contribution in [0.5, 0.6) is 0 Å². The quantitative estimate of drug-likeness (QED) is 0.666. The van der Waals surface area contributed by atoms with Crippen LogP contribution >= 0.6 is 0 Å². The Morgan fingerprint density at radius 3 is 2.63 bits per heavy atom. The van der Waals surface area contributed by atoms with Gasteiger partial charge in [-0.25, -0.2) is 0 Å². The van der Waals surface area contributed by atoms with Crippen molar-refractivity contribution in [2.75, 3.05) is 13.2 Å². The lowest BCUT2D eigenvalue weighted by atomic mass is 9.93. The van der Waals surface area contributed by atoms with Gasteiger partial charge in [-0.1, -0.05) is 6.42 Å². The number of ketones is 1. The molecule has 2 amide bonds. The first kappa shape index (κ1) is 20.1. The summed E-state index contributed by atoms with van der Waals surface area (Å²) < 4.78 is 41.0.